The maximum Gasteiger partial charge on any atom is 0.138 e. The van der Waals surface area contributed by atoms with E-state index in [1.165, 1.54) is 25.7 Å². The Kier molecular flexibility index (Phi) is 5.97. The number of carbonyl (C=O) groups is 1. The summed E-state index contributed by atoms with van der Waals surface area (Å²) in [6.45, 7) is 12.8. The lowest BCUT2D eigenvalue weighted by Crippen LogP contribution is -2.53. The average Bonchev–Trinajstić information content (AvgIpc) is 2.72. The van der Waals surface area contributed by atoms with Gasteiger partial charge < -0.3 is 4.90 Å². The number of hydrogen-bond donors (Lipinski definition) is 0. The van der Waals surface area contributed by atoms with E-state index in [1.807, 2.05) is 12.4 Å². The van der Waals surface area contributed by atoms with Gasteiger partial charge in [0, 0.05) is 50.0 Å². The van der Waals surface area contributed by atoms with Gasteiger partial charge in [-0.05, 0) is 43.9 Å². The maximum absolute atomic E-state index is 12.2. The average molecular weight is 399 g/mol. The Labute approximate surface area is 176 Å². The number of anilines is 1. The van der Waals surface area contributed by atoms with Gasteiger partial charge in [0.05, 0.1) is 18.1 Å². The van der Waals surface area contributed by atoms with Crippen molar-refractivity contribution in [3.8, 4) is 0 Å². The lowest BCUT2D eigenvalue weighted by Gasteiger charge is -2.53. The predicted octanol–water partition coefficient (Wildman–Crippen LogP) is 4.29. The molecule has 1 aliphatic heterocycles. The number of ketones is 1. The number of nitrogens with zero attached hydrogens (tertiary/aromatic N) is 4. The van der Waals surface area contributed by atoms with Crippen LogP contribution in [0.15, 0.2) is 12.4 Å². The third-order valence-corrected chi connectivity index (χ3v) is 7.72. The molecule has 0 aromatic carbocycles. The van der Waals surface area contributed by atoms with E-state index in [4.69, 9.17) is 0 Å². The van der Waals surface area contributed by atoms with Crippen LogP contribution >= 0.6 is 0 Å². The molecule has 2 aliphatic carbocycles. The molecular weight excluding hydrogens is 360 g/mol. The fourth-order valence-corrected chi connectivity index (χ4v) is 5.78. The highest BCUT2D eigenvalue weighted by atomic mass is 16.1. The summed E-state index contributed by atoms with van der Waals surface area (Å²) in [6, 6.07) is 0.738. The van der Waals surface area contributed by atoms with Gasteiger partial charge in [0.2, 0.25) is 0 Å². The Balaban J connectivity index is 1.23. The molecule has 0 atom stereocenters. The zero-order valence-corrected chi connectivity index (χ0v) is 18.7. The molecule has 5 heteroatoms. The van der Waals surface area contributed by atoms with E-state index in [2.05, 4.69) is 47.5 Å². The van der Waals surface area contributed by atoms with E-state index < -0.39 is 0 Å². The molecule has 1 spiro atoms. The summed E-state index contributed by atoms with van der Waals surface area (Å²) in [5, 5.41) is 0. The van der Waals surface area contributed by atoms with E-state index >= 15 is 0 Å². The summed E-state index contributed by atoms with van der Waals surface area (Å²) in [6.07, 6.45) is 11.6. The minimum Gasteiger partial charge on any atom is -0.366 e. The Morgan fingerprint density at radius 3 is 2.10 bits per heavy atom. The van der Waals surface area contributed by atoms with Crippen LogP contribution < -0.4 is 4.90 Å². The van der Waals surface area contributed by atoms with Crippen LogP contribution in [0.4, 0.5) is 5.69 Å². The number of Topliss-reactive ketones (excluding diaryl/α,β-unsaturated/α-hetero) is 1. The molecule has 2 heterocycles. The van der Waals surface area contributed by atoms with Crippen LogP contribution in [0.1, 0.15) is 78.0 Å². The second-order valence-electron chi connectivity index (χ2n) is 10.4. The van der Waals surface area contributed by atoms with Gasteiger partial charge in [0.1, 0.15) is 11.6 Å². The third kappa shape index (κ3) is 4.35. The molecule has 3 fully saturated rings. The molecule has 3 aliphatic rings. The van der Waals surface area contributed by atoms with Gasteiger partial charge in [-0.25, -0.2) is 9.97 Å². The molecule has 4 rings (SSSR count). The van der Waals surface area contributed by atoms with Crippen molar-refractivity contribution in [2.24, 2.45) is 17.3 Å². The van der Waals surface area contributed by atoms with Crippen molar-refractivity contribution in [1.82, 2.24) is 14.9 Å². The van der Waals surface area contributed by atoms with Crippen LogP contribution in [0, 0.1) is 17.3 Å². The Hall–Kier alpha value is -1.49. The molecular formula is C24H38N4O. The summed E-state index contributed by atoms with van der Waals surface area (Å²) in [4.78, 5) is 26.4. The Morgan fingerprint density at radius 2 is 1.59 bits per heavy atom. The van der Waals surface area contributed by atoms with Gasteiger partial charge in [0.25, 0.3) is 0 Å². The fraction of sp³-hybridized carbons (Fsp3) is 0.792. The third-order valence-electron chi connectivity index (χ3n) is 7.72. The van der Waals surface area contributed by atoms with Crippen molar-refractivity contribution in [3.63, 3.8) is 0 Å². The van der Waals surface area contributed by atoms with E-state index in [0.717, 1.165) is 56.6 Å². The van der Waals surface area contributed by atoms with Gasteiger partial charge in [0.15, 0.2) is 0 Å². The van der Waals surface area contributed by atoms with Crippen LogP contribution in [-0.4, -0.2) is 52.9 Å². The van der Waals surface area contributed by atoms with Crippen molar-refractivity contribution < 1.29 is 4.79 Å². The monoisotopic (exact) mass is 398 g/mol. The van der Waals surface area contributed by atoms with Crippen LogP contribution in [0.3, 0.4) is 0 Å². The number of piperazine rings is 1. The number of rotatable bonds is 5. The van der Waals surface area contributed by atoms with Crippen molar-refractivity contribution in [3.05, 3.63) is 18.2 Å². The maximum atomic E-state index is 12.2. The normalized spacial score (nSPS) is 30.8. The Morgan fingerprint density at radius 1 is 1.00 bits per heavy atom. The van der Waals surface area contributed by atoms with Crippen LogP contribution in [-0.2, 0) is 4.79 Å². The second-order valence-corrected chi connectivity index (χ2v) is 10.4. The van der Waals surface area contributed by atoms with Gasteiger partial charge in [-0.15, -0.1) is 0 Å². The highest BCUT2D eigenvalue weighted by molar-refractivity contribution is 5.83. The fourth-order valence-electron chi connectivity index (χ4n) is 5.78. The Bertz CT molecular complexity index is 690. The summed E-state index contributed by atoms with van der Waals surface area (Å²) >= 11 is 0. The van der Waals surface area contributed by atoms with E-state index in [1.54, 1.807) is 0 Å². The minimum atomic E-state index is 0.206. The molecule has 0 bridgehead atoms. The van der Waals surface area contributed by atoms with Crippen LogP contribution in [0.25, 0.3) is 0 Å². The molecule has 160 valence electrons. The zero-order chi connectivity index (χ0) is 20.6. The van der Waals surface area contributed by atoms with Crippen molar-refractivity contribution in [2.75, 3.05) is 31.1 Å². The van der Waals surface area contributed by atoms with Gasteiger partial charge in [-0.3, -0.25) is 9.69 Å². The first-order valence-electron chi connectivity index (χ1n) is 11.7. The molecule has 0 radical (unpaired) electrons. The van der Waals surface area contributed by atoms with E-state index in [9.17, 15) is 4.79 Å². The lowest BCUT2D eigenvalue weighted by atomic mass is 9.53. The largest absolute Gasteiger partial charge is 0.366 e. The zero-order valence-electron chi connectivity index (χ0n) is 18.7. The van der Waals surface area contributed by atoms with Crippen LogP contribution in [0.5, 0.6) is 0 Å². The molecule has 1 aromatic rings. The lowest BCUT2D eigenvalue weighted by molar-refractivity contribution is -0.135. The first-order valence-corrected chi connectivity index (χ1v) is 11.7. The first kappa shape index (κ1) is 20.8. The molecule has 0 N–H and O–H groups in total. The molecule has 1 saturated heterocycles. The highest BCUT2D eigenvalue weighted by Crippen LogP contribution is 2.56. The van der Waals surface area contributed by atoms with E-state index in [0.29, 0.717) is 23.0 Å². The molecule has 29 heavy (non-hydrogen) atoms. The van der Waals surface area contributed by atoms with Crippen molar-refractivity contribution in [1.29, 1.82) is 0 Å². The number of carbonyl (C=O) groups excluding carboxylic acids is 1. The molecule has 2 saturated carbocycles. The highest BCUT2D eigenvalue weighted by Gasteiger charge is 2.49. The topological polar surface area (TPSA) is 49.3 Å². The molecule has 5 nitrogen and oxygen atoms in total. The summed E-state index contributed by atoms with van der Waals surface area (Å²) < 4.78 is 0. The summed E-state index contributed by atoms with van der Waals surface area (Å²) in [7, 11) is 0. The van der Waals surface area contributed by atoms with Crippen molar-refractivity contribution in [2.45, 2.75) is 78.2 Å². The smallest absolute Gasteiger partial charge is 0.138 e. The van der Waals surface area contributed by atoms with Crippen LogP contribution in [0.2, 0.25) is 0 Å². The predicted molar refractivity (Wildman–Crippen MR) is 117 cm³/mol. The molecule has 0 amide bonds. The summed E-state index contributed by atoms with van der Waals surface area (Å²) in [5.41, 5.74) is 1.66. The van der Waals surface area contributed by atoms with Gasteiger partial charge in [-0.1, -0.05) is 27.7 Å². The first-order chi connectivity index (χ1) is 13.9. The van der Waals surface area contributed by atoms with Gasteiger partial charge in [-0.2, -0.15) is 0 Å². The molecule has 0 unspecified atom stereocenters. The summed E-state index contributed by atoms with van der Waals surface area (Å²) in [5.74, 6) is 2.37. The standard InChI is InChI=1S/C24H38N4O/c1-17(2)22(29)19-13-24(14-19)7-5-20(6-8-24)27-9-11-28(12-10-27)21-15-25-23(18(3)4)26-16-21/h15-20H,5-14H2,1-4H3. The molecule has 1 aromatic heterocycles. The SMILES string of the molecule is CC(C)C(=O)C1CC2(CCC(N3CCN(c4cnc(C(C)C)nc4)CC3)CC2)C1. The van der Waals surface area contributed by atoms with E-state index in [-0.39, 0.29) is 5.92 Å². The number of hydrogen-bond acceptors (Lipinski definition) is 5. The van der Waals surface area contributed by atoms with Gasteiger partial charge >= 0.3 is 0 Å². The quantitative estimate of drug-likeness (QED) is 0.741. The second kappa shape index (κ2) is 8.33. The number of aromatic nitrogens is 2. The minimum absolute atomic E-state index is 0.206. The van der Waals surface area contributed by atoms with Crippen molar-refractivity contribution >= 4 is 11.5 Å².